The van der Waals surface area contributed by atoms with Gasteiger partial charge >= 0.3 is 5.97 Å². The number of piperidine rings is 1. The van der Waals surface area contributed by atoms with Gasteiger partial charge in [0.15, 0.2) is 5.65 Å². The molecule has 41 heavy (non-hydrogen) atoms. The van der Waals surface area contributed by atoms with Gasteiger partial charge < -0.3 is 19.9 Å². The second-order valence-corrected chi connectivity index (χ2v) is 11.3. The molecule has 212 valence electrons. The van der Waals surface area contributed by atoms with Crippen molar-refractivity contribution in [3.63, 3.8) is 0 Å². The van der Waals surface area contributed by atoms with Gasteiger partial charge in [0.25, 0.3) is 5.91 Å². The van der Waals surface area contributed by atoms with Crippen LogP contribution in [0.1, 0.15) is 58.4 Å². The molecule has 0 aliphatic carbocycles. The van der Waals surface area contributed by atoms with Gasteiger partial charge in [0.05, 0.1) is 19.0 Å². The quantitative estimate of drug-likeness (QED) is 0.360. The van der Waals surface area contributed by atoms with E-state index in [4.69, 9.17) is 4.74 Å². The molecule has 1 N–H and O–H groups in total. The molecule has 0 spiro atoms. The minimum atomic E-state index is -0.456. The van der Waals surface area contributed by atoms with Gasteiger partial charge in [0.2, 0.25) is 5.82 Å². The topological polar surface area (TPSA) is 105 Å². The van der Waals surface area contributed by atoms with Crippen LogP contribution in [0, 0.1) is 6.92 Å². The third-order valence-corrected chi connectivity index (χ3v) is 8.45. The summed E-state index contributed by atoms with van der Waals surface area (Å²) in [6.07, 6.45) is 6.22. The van der Waals surface area contributed by atoms with Crippen LogP contribution in [-0.2, 0) is 10.2 Å². The maximum absolute atomic E-state index is 13.1. The van der Waals surface area contributed by atoms with Gasteiger partial charge in [-0.1, -0.05) is 37.3 Å². The Morgan fingerprint density at radius 3 is 2.56 bits per heavy atom. The Bertz CT molecular complexity index is 1580. The lowest BCUT2D eigenvalue weighted by atomic mass is 9.82. The molecule has 10 nitrogen and oxygen atoms in total. The molecule has 10 heteroatoms. The molecule has 1 aromatic carbocycles. The Balaban J connectivity index is 1.10. The highest BCUT2D eigenvalue weighted by molar-refractivity contribution is 5.91. The molecule has 5 heterocycles. The summed E-state index contributed by atoms with van der Waals surface area (Å²) in [4.78, 5) is 38.2. The van der Waals surface area contributed by atoms with E-state index in [9.17, 15) is 9.59 Å². The summed E-state index contributed by atoms with van der Waals surface area (Å²) < 4.78 is 6.52. The average molecular weight is 554 g/mol. The minimum Gasteiger partial charge on any atom is -0.464 e. The zero-order valence-electron chi connectivity index (χ0n) is 23.7. The summed E-state index contributed by atoms with van der Waals surface area (Å²) in [5.41, 5.74) is 5.42. The van der Waals surface area contributed by atoms with Crippen molar-refractivity contribution < 1.29 is 14.3 Å². The van der Waals surface area contributed by atoms with Crippen molar-refractivity contribution in [3.05, 3.63) is 83.6 Å². The number of hydrogen-bond acceptors (Lipinski definition) is 8. The number of methoxy groups -OCH3 is 1. The van der Waals surface area contributed by atoms with E-state index in [1.54, 1.807) is 16.8 Å². The number of anilines is 2. The number of rotatable bonds is 6. The predicted molar refractivity (Wildman–Crippen MR) is 157 cm³/mol. The Morgan fingerprint density at radius 1 is 1.02 bits per heavy atom. The van der Waals surface area contributed by atoms with Gasteiger partial charge in [-0.05, 0) is 55.5 Å². The lowest BCUT2D eigenvalue weighted by Gasteiger charge is -2.33. The number of ether oxygens (including phenoxy) is 1. The maximum Gasteiger partial charge on any atom is 0.356 e. The van der Waals surface area contributed by atoms with E-state index in [-0.39, 0.29) is 28.9 Å². The van der Waals surface area contributed by atoms with E-state index in [1.807, 2.05) is 19.2 Å². The van der Waals surface area contributed by atoms with Crippen molar-refractivity contribution in [2.75, 3.05) is 43.1 Å². The number of pyridine rings is 2. The number of aryl methyl sites for hydroxylation is 1. The molecule has 3 aromatic heterocycles. The second kappa shape index (κ2) is 10.8. The number of hydrogen-bond donors (Lipinski definition) is 1. The molecule has 0 unspecified atom stereocenters. The number of fused-ring (bicyclic) bond motifs is 1. The lowest BCUT2D eigenvalue weighted by molar-refractivity contribution is 0.0594. The minimum absolute atomic E-state index is 0.0178. The standard InChI is InChI=1S/C31H35N7O3/c1-21-17-25(37-16-12-31(2,20-37)22-7-5-4-6-8-22)19-38-28(21)34-27(35-38)29(39)33-23-10-14-36(15-11-23)24-9-13-32-26(18-24)30(40)41-3/h4-9,13,17-19,23H,10-12,14-16,20H2,1-3H3,(H,33,39)/t31-/m0/s1. The number of nitrogens with zero attached hydrogens (tertiary/aromatic N) is 6. The Hall–Kier alpha value is -4.47. The molecule has 1 amide bonds. The molecule has 0 radical (unpaired) electrons. The Morgan fingerprint density at radius 2 is 1.80 bits per heavy atom. The molecular formula is C31H35N7O3. The number of carbonyl (C=O) groups excluding carboxylic acids is 2. The van der Waals surface area contributed by atoms with Crippen LogP contribution in [0.2, 0.25) is 0 Å². The highest BCUT2D eigenvalue weighted by Gasteiger charge is 2.35. The van der Waals surface area contributed by atoms with Gasteiger partial charge in [0, 0.05) is 49.5 Å². The summed E-state index contributed by atoms with van der Waals surface area (Å²) in [7, 11) is 1.35. The van der Waals surface area contributed by atoms with E-state index in [0.717, 1.165) is 62.4 Å². The largest absolute Gasteiger partial charge is 0.464 e. The fourth-order valence-corrected chi connectivity index (χ4v) is 6.02. The fourth-order valence-electron chi connectivity index (χ4n) is 6.02. The highest BCUT2D eigenvalue weighted by Crippen LogP contribution is 2.36. The molecule has 6 rings (SSSR count). The van der Waals surface area contributed by atoms with Gasteiger partial charge in [-0.25, -0.2) is 19.3 Å². The predicted octanol–water partition coefficient (Wildman–Crippen LogP) is 3.79. The van der Waals surface area contributed by atoms with Crippen LogP contribution >= 0.6 is 0 Å². The van der Waals surface area contributed by atoms with Crippen molar-refractivity contribution >= 4 is 28.9 Å². The van der Waals surface area contributed by atoms with Crippen LogP contribution in [0.4, 0.5) is 11.4 Å². The zero-order chi connectivity index (χ0) is 28.6. The van der Waals surface area contributed by atoms with Crippen molar-refractivity contribution in [3.8, 4) is 0 Å². The van der Waals surface area contributed by atoms with E-state index in [0.29, 0.717) is 5.65 Å². The molecule has 2 fully saturated rings. The number of carbonyl (C=O) groups is 2. The van der Waals surface area contributed by atoms with E-state index < -0.39 is 5.97 Å². The summed E-state index contributed by atoms with van der Waals surface area (Å²) in [6, 6.07) is 16.5. The molecule has 0 saturated carbocycles. The third kappa shape index (κ3) is 5.33. The zero-order valence-corrected chi connectivity index (χ0v) is 23.7. The normalized spacial score (nSPS) is 19.5. The first-order valence-corrected chi connectivity index (χ1v) is 14.1. The highest BCUT2D eigenvalue weighted by atomic mass is 16.5. The Kier molecular flexibility index (Phi) is 7.07. The first kappa shape index (κ1) is 26.7. The lowest BCUT2D eigenvalue weighted by Crippen LogP contribution is -2.45. The van der Waals surface area contributed by atoms with Crippen LogP contribution in [0.15, 0.2) is 60.9 Å². The van der Waals surface area contributed by atoms with Crippen LogP contribution in [0.25, 0.3) is 5.65 Å². The van der Waals surface area contributed by atoms with Crippen molar-refractivity contribution in [2.24, 2.45) is 0 Å². The van der Waals surface area contributed by atoms with E-state index in [2.05, 4.69) is 73.5 Å². The van der Waals surface area contributed by atoms with Crippen LogP contribution < -0.4 is 15.1 Å². The fraction of sp³-hybridized carbons (Fsp3) is 0.387. The van der Waals surface area contributed by atoms with Gasteiger partial charge in [-0.2, -0.15) is 0 Å². The number of esters is 1. The summed E-state index contributed by atoms with van der Waals surface area (Å²) >= 11 is 0. The van der Waals surface area contributed by atoms with Crippen molar-refractivity contribution in [1.29, 1.82) is 0 Å². The molecule has 2 aliphatic rings. The third-order valence-electron chi connectivity index (χ3n) is 8.45. The monoisotopic (exact) mass is 553 g/mol. The summed E-state index contributed by atoms with van der Waals surface area (Å²) in [6.45, 7) is 7.71. The average Bonchev–Trinajstić information content (AvgIpc) is 3.63. The smallest absolute Gasteiger partial charge is 0.356 e. The van der Waals surface area contributed by atoms with Crippen molar-refractivity contribution in [1.82, 2.24) is 24.9 Å². The van der Waals surface area contributed by atoms with Crippen LogP contribution in [0.5, 0.6) is 0 Å². The number of aromatic nitrogens is 4. The summed E-state index contributed by atoms with van der Waals surface area (Å²) in [5, 5.41) is 7.69. The molecule has 0 bridgehead atoms. The van der Waals surface area contributed by atoms with Gasteiger partial charge in [0.1, 0.15) is 5.69 Å². The SMILES string of the molecule is COC(=O)c1cc(N2CCC(NC(=O)c3nc4c(C)cc(N5CC[C@](C)(c6ccccc6)C5)cn4n3)CC2)ccn1. The first-order valence-electron chi connectivity index (χ1n) is 14.1. The first-order chi connectivity index (χ1) is 19.8. The molecular weight excluding hydrogens is 518 g/mol. The van der Waals surface area contributed by atoms with Crippen molar-refractivity contribution in [2.45, 2.75) is 44.6 Å². The van der Waals surface area contributed by atoms with E-state index >= 15 is 0 Å². The van der Waals surface area contributed by atoms with Gasteiger partial charge in [-0.15, -0.1) is 5.10 Å². The maximum atomic E-state index is 13.1. The molecule has 2 saturated heterocycles. The number of amides is 1. The van der Waals surface area contributed by atoms with Gasteiger partial charge in [-0.3, -0.25) is 4.79 Å². The molecule has 1 atom stereocenters. The van der Waals surface area contributed by atoms with Crippen LogP contribution in [-0.4, -0.2) is 70.8 Å². The molecule has 4 aromatic rings. The number of nitrogens with one attached hydrogen (secondary N) is 1. The second-order valence-electron chi connectivity index (χ2n) is 11.3. The Labute approximate surface area is 239 Å². The molecule has 2 aliphatic heterocycles. The van der Waals surface area contributed by atoms with E-state index in [1.165, 1.54) is 12.7 Å². The number of benzene rings is 1. The summed E-state index contributed by atoms with van der Waals surface area (Å²) in [5.74, 6) is -0.537. The van der Waals surface area contributed by atoms with Crippen LogP contribution in [0.3, 0.4) is 0 Å².